The van der Waals surface area contributed by atoms with Gasteiger partial charge in [-0.2, -0.15) is 5.10 Å². The quantitative estimate of drug-likeness (QED) is 0.524. The lowest BCUT2D eigenvalue weighted by atomic mass is 10.2. The van der Waals surface area contributed by atoms with Crippen molar-refractivity contribution >= 4 is 34.1 Å². The molecule has 9 heteroatoms. The number of hydrogen-bond acceptors (Lipinski definition) is 6. The Bertz CT molecular complexity index is 656. The highest BCUT2D eigenvalue weighted by atomic mass is 79.9. The van der Waals surface area contributed by atoms with Gasteiger partial charge in [-0.15, -0.1) is 0 Å². The van der Waals surface area contributed by atoms with Crippen molar-refractivity contribution in [1.82, 2.24) is 5.43 Å². The van der Waals surface area contributed by atoms with E-state index in [2.05, 4.69) is 26.5 Å². The van der Waals surface area contributed by atoms with E-state index in [9.17, 15) is 9.59 Å². The molecule has 2 amide bonds. The molecule has 25 heavy (non-hydrogen) atoms. The molecule has 0 heterocycles. The van der Waals surface area contributed by atoms with Crippen molar-refractivity contribution in [1.29, 1.82) is 0 Å². The molecule has 0 aliphatic heterocycles. The number of nitrogens with two attached hydrogens (primary N) is 1. The summed E-state index contributed by atoms with van der Waals surface area (Å²) in [5, 5.41) is 3.83. The van der Waals surface area contributed by atoms with Gasteiger partial charge in [-0.1, -0.05) is 0 Å². The van der Waals surface area contributed by atoms with Crippen LogP contribution >= 0.6 is 15.9 Å². The zero-order chi connectivity index (χ0) is 19.0. The summed E-state index contributed by atoms with van der Waals surface area (Å²) in [6.45, 7) is 7.21. The summed E-state index contributed by atoms with van der Waals surface area (Å²) < 4.78 is 16.5. The number of carbonyl (C=O) groups is 2. The second-order valence-electron chi connectivity index (χ2n) is 5.89. The number of benzene rings is 1. The first-order chi connectivity index (χ1) is 11.6. The maximum atomic E-state index is 11.5. The van der Waals surface area contributed by atoms with E-state index in [0.717, 1.165) is 0 Å². The molecular formula is C16H22BrN3O5. The van der Waals surface area contributed by atoms with E-state index in [4.69, 9.17) is 19.9 Å². The van der Waals surface area contributed by atoms with Gasteiger partial charge in [-0.05, 0) is 61.3 Å². The molecule has 0 aliphatic carbocycles. The molecular weight excluding hydrogens is 394 g/mol. The molecule has 8 nitrogen and oxygen atoms in total. The number of primary amides is 1. The minimum absolute atomic E-state index is 0.272. The molecule has 0 bridgehead atoms. The molecule has 138 valence electrons. The van der Waals surface area contributed by atoms with Crippen molar-refractivity contribution in [3.63, 3.8) is 0 Å². The average molecular weight is 416 g/mol. The van der Waals surface area contributed by atoms with Gasteiger partial charge in [0.2, 0.25) is 0 Å². The van der Waals surface area contributed by atoms with Crippen LogP contribution < -0.4 is 20.6 Å². The maximum Gasteiger partial charge on any atom is 0.428 e. The normalized spacial score (nSPS) is 11.2. The van der Waals surface area contributed by atoms with Crippen LogP contribution in [0.3, 0.4) is 0 Å². The van der Waals surface area contributed by atoms with Crippen LogP contribution in [0, 0.1) is 0 Å². The number of nitrogens with one attached hydrogen (secondary N) is 1. The Morgan fingerprint density at radius 3 is 2.56 bits per heavy atom. The molecule has 1 rings (SSSR count). The van der Waals surface area contributed by atoms with Gasteiger partial charge in [0.05, 0.1) is 17.3 Å². The number of hydrazone groups is 1. The third-order valence-electron chi connectivity index (χ3n) is 2.46. The van der Waals surface area contributed by atoms with Gasteiger partial charge >= 0.3 is 6.09 Å². The van der Waals surface area contributed by atoms with Crippen LogP contribution in [0.5, 0.6) is 11.5 Å². The second kappa shape index (κ2) is 9.26. The standard InChI is InChI=1S/C16H22BrN3O5/c1-5-23-12-7-10(6-11(17)14(12)24-9-13(18)21)8-19-20-15(22)25-16(2,3)4/h6-8H,5,9H2,1-4H3,(H2,18,21)(H,20,22)/b19-8+. The predicted molar refractivity (Wildman–Crippen MR) is 97.0 cm³/mol. The van der Waals surface area contributed by atoms with Gasteiger partial charge in [0.15, 0.2) is 18.1 Å². The molecule has 0 aromatic heterocycles. The topological polar surface area (TPSA) is 112 Å². The van der Waals surface area contributed by atoms with Crippen LogP contribution in [0.1, 0.15) is 33.3 Å². The Labute approximate surface area is 154 Å². The molecule has 0 saturated carbocycles. The number of rotatable bonds is 7. The molecule has 0 saturated heterocycles. The van der Waals surface area contributed by atoms with Gasteiger partial charge in [0.25, 0.3) is 5.91 Å². The highest BCUT2D eigenvalue weighted by Gasteiger charge is 2.16. The van der Waals surface area contributed by atoms with E-state index in [-0.39, 0.29) is 6.61 Å². The van der Waals surface area contributed by atoms with E-state index < -0.39 is 17.6 Å². The first-order valence-electron chi connectivity index (χ1n) is 7.52. The second-order valence-corrected chi connectivity index (χ2v) is 6.74. The number of ether oxygens (including phenoxy) is 3. The fourth-order valence-electron chi connectivity index (χ4n) is 1.67. The minimum Gasteiger partial charge on any atom is -0.490 e. The Morgan fingerprint density at radius 1 is 1.32 bits per heavy atom. The Hall–Kier alpha value is -2.29. The highest BCUT2D eigenvalue weighted by molar-refractivity contribution is 9.10. The van der Waals surface area contributed by atoms with Crippen LogP contribution in [0.15, 0.2) is 21.7 Å². The number of nitrogens with zero attached hydrogens (tertiary/aromatic N) is 1. The van der Waals surface area contributed by atoms with Crippen molar-refractivity contribution in [3.8, 4) is 11.5 Å². The Morgan fingerprint density at radius 2 is 2.00 bits per heavy atom. The first-order valence-corrected chi connectivity index (χ1v) is 8.31. The summed E-state index contributed by atoms with van der Waals surface area (Å²) in [7, 11) is 0. The third kappa shape index (κ3) is 7.88. The van der Waals surface area contributed by atoms with Crippen LogP contribution in [0.2, 0.25) is 0 Å². The lowest BCUT2D eigenvalue weighted by Gasteiger charge is -2.18. The van der Waals surface area contributed by atoms with Gasteiger partial charge in [-0.3, -0.25) is 4.79 Å². The lowest BCUT2D eigenvalue weighted by molar-refractivity contribution is -0.119. The fraction of sp³-hybridized carbons (Fsp3) is 0.438. The number of carbonyl (C=O) groups excluding carboxylic acids is 2. The fourth-order valence-corrected chi connectivity index (χ4v) is 2.24. The minimum atomic E-state index is -0.658. The van der Waals surface area contributed by atoms with Crippen molar-refractivity contribution < 1.29 is 23.8 Å². The zero-order valence-corrected chi connectivity index (χ0v) is 16.2. The van der Waals surface area contributed by atoms with Crippen molar-refractivity contribution in [2.75, 3.05) is 13.2 Å². The molecule has 0 radical (unpaired) electrons. The molecule has 0 spiro atoms. The summed E-state index contributed by atoms with van der Waals surface area (Å²) in [5.74, 6) is 0.177. The highest BCUT2D eigenvalue weighted by Crippen LogP contribution is 2.36. The smallest absolute Gasteiger partial charge is 0.428 e. The maximum absolute atomic E-state index is 11.5. The summed E-state index contributed by atoms with van der Waals surface area (Å²) in [6, 6.07) is 3.35. The summed E-state index contributed by atoms with van der Waals surface area (Å²) in [5.41, 5.74) is 7.39. The summed E-state index contributed by atoms with van der Waals surface area (Å²) in [6.07, 6.45) is 0.768. The largest absolute Gasteiger partial charge is 0.490 e. The van der Waals surface area contributed by atoms with E-state index in [1.807, 2.05) is 6.92 Å². The van der Waals surface area contributed by atoms with Crippen LogP contribution in [0.4, 0.5) is 4.79 Å². The van der Waals surface area contributed by atoms with Crippen molar-refractivity contribution in [2.45, 2.75) is 33.3 Å². The van der Waals surface area contributed by atoms with Crippen LogP contribution in [0.25, 0.3) is 0 Å². The monoisotopic (exact) mass is 415 g/mol. The number of halogens is 1. The van der Waals surface area contributed by atoms with Gasteiger partial charge in [0, 0.05) is 0 Å². The van der Waals surface area contributed by atoms with Crippen LogP contribution in [-0.4, -0.2) is 37.0 Å². The summed E-state index contributed by atoms with van der Waals surface area (Å²) in [4.78, 5) is 22.4. The lowest BCUT2D eigenvalue weighted by Crippen LogP contribution is -2.29. The van der Waals surface area contributed by atoms with Crippen LogP contribution in [-0.2, 0) is 9.53 Å². The molecule has 0 aliphatic rings. The molecule has 0 unspecified atom stereocenters. The van der Waals surface area contributed by atoms with E-state index in [1.165, 1.54) is 6.21 Å². The molecule has 0 fully saturated rings. The summed E-state index contributed by atoms with van der Waals surface area (Å²) >= 11 is 3.35. The third-order valence-corrected chi connectivity index (χ3v) is 3.05. The van der Waals surface area contributed by atoms with Gasteiger partial charge < -0.3 is 19.9 Å². The van der Waals surface area contributed by atoms with Crippen molar-refractivity contribution in [3.05, 3.63) is 22.2 Å². The molecule has 3 N–H and O–H groups in total. The van der Waals surface area contributed by atoms with Crippen molar-refractivity contribution in [2.24, 2.45) is 10.8 Å². The number of hydrogen-bond donors (Lipinski definition) is 2. The Balaban J connectivity index is 2.88. The molecule has 1 aromatic carbocycles. The van der Waals surface area contributed by atoms with E-state index in [0.29, 0.717) is 28.1 Å². The van der Waals surface area contributed by atoms with E-state index >= 15 is 0 Å². The molecule has 0 atom stereocenters. The Kier molecular flexibility index (Phi) is 7.69. The predicted octanol–water partition coefficient (Wildman–Crippen LogP) is 2.57. The van der Waals surface area contributed by atoms with Gasteiger partial charge in [0.1, 0.15) is 5.60 Å². The van der Waals surface area contributed by atoms with E-state index in [1.54, 1.807) is 32.9 Å². The van der Waals surface area contributed by atoms with Gasteiger partial charge in [-0.25, -0.2) is 10.2 Å². The first kappa shape index (κ1) is 20.8. The SMILES string of the molecule is CCOc1cc(/C=N/NC(=O)OC(C)(C)C)cc(Br)c1OCC(N)=O. The zero-order valence-electron chi connectivity index (χ0n) is 14.6. The average Bonchev–Trinajstić information content (AvgIpc) is 2.44. The molecule has 1 aromatic rings. The number of amides is 2.